The molecule has 2 heterocycles. The second-order valence-corrected chi connectivity index (χ2v) is 12.0. The molecule has 0 saturated carbocycles. The number of hydrogen-bond acceptors (Lipinski definition) is 8. The molecule has 37 heavy (non-hydrogen) atoms. The van der Waals surface area contributed by atoms with Crippen molar-refractivity contribution in [2.24, 2.45) is 0 Å². The molecule has 0 aliphatic rings. The highest BCUT2D eigenvalue weighted by Crippen LogP contribution is 2.32. The summed E-state index contributed by atoms with van der Waals surface area (Å²) >= 11 is -1.85. The Bertz CT molecular complexity index is 1550. The van der Waals surface area contributed by atoms with E-state index in [1.165, 1.54) is 7.11 Å². The maximum Gasteiger partial charge on any atom is 0.338 e. The van der Waals surface area contributed by atoms with Gasteiger partial charge in [0.2, 0.25) is 0 Å². The van der Waals surface area contributed by atoms with Gasteiger partial charge in [-0.25, -0.2) is 8.42 Å². The zero-order valence-electron chi connectivity index (χ0n) is 21.7. The average molecular weight is 543 g/mol. The Morgan fingerprint density at radius 1 is 1.08 bits per heavy atom. The molecular formula is C26H30N4O5S2. The largest absolute Gasteiger partial charge is 0.609 e. The highest BCUT2D eigenvalue weighted by molar-refractivity contribution is 7.93. The normalized spacial score (nSPS) is 12.8. The van der Waals surface area contributed by atoms with Crippen molar-refractivity contribution in [2.45, 2.75) is 36.2 Å². The molecule has 9 nitrogen and oxygen atoms in total. The van der Waals surface area contributed by atoms with E-state index in [1.54, 1.807) is 55.8 Å². The summed E-state index contributed by atoms with van der Waals surface area (Å²) in [6.45, 7) is 4.13. The number of ether oxygens (including phenoxy) is 2. The molecule has 4 rings (SSSR count). The van der Waals surface area contributed by atoms with Crippen LogP contribution in [0.3, 0.4) is 0 Å². The monoisotopic (exact) mass is 542 g/mol. The Morgan fingerprint density at radius 2 is 1.81 bits per heavy atom. The second-order valence-electron chi connectivity index (χ2n) is 8.90. The van der Waals surface area contributed by atoms with Crippen LogP contribution in [0.1, 0.15) is 22.4 Å². The molecule has 0 spiro atoms. The number of aryl methyl sites for hydroxylation is 1. The summed E-state index contributed by atoms with van der Waals surface area (Å²) in [4.78, 5) is 11.0. The van der Waals surface area contributed by atoms with Gasteiger partial charge in [-0.2, -0.15) is 8.96 Å². The molecule has 0 N–H and O–H groups in total. The number of imidazole rings is 1. The number of methoxy groups -OCH3 is 2. The zero-order valence-corrected chi connectivity index (χ0v) is 23.3. The molecular weight excluding hydrogens is 512 g/mol. The zero-order chi connectivity index (χ0) is 26.9. The third kappa shape index (κ3) is 5.17. The van der Waals surface area contributed by atoms with E-state index in [-0.39, 0.29) is 21.3 Å². The minimum absolute atomic E-state index is 0.0300. The number of nitrogens with zero attached hydrogens (tertiary/aromatic N) is 4. The fourth-order valence-corrected chi connectivity index (χ4v) is 7.50. The lowest BCUT2D eigenvalue weighted by Crippen LogP contribution is -2.23. The van der Waals surface area contributed by atoms with Gasteiger partial charge in [0.1, 0.15) is 11.5 Å². The molecule has 2 aromatic heterocycles. The van der Waals surface area contributed by atoms with Gasteiger partial charge in [0.15, 0.2) is 5.75 Å². The van der Waals surface area contributed by atoms with E-state index < -0.39 is 21.2 Å². The van der Waals surface area contributed by atoms with E-state index in [4.69, 9.17) is 9.47 Å². The van der Waals surface area contributed by atoms with Gasteiger partial charge < -0.3 is 18.9 Å². The van der Waals surface area contributed by atoms with Gasteiger partial charge >= 0.3 is 5.16 Å². The maximum atomic E-state index is 14.2. The van der Waals surface area contributed by atoms with E-state index in [9.17, 15) is 13.0 Å². The van der Waals surface area contributed by atoms with Crippen LogP contribution in [0, 0.1) is 13.8 Å². The molecule has 0 bridgehead atoms. The van der Waals surface area contributed by atoms with E-state index in [1.807, 2.05) is 32.8 Å². The van der Waals surface area contributed by atoms with Gasteiger partial charge in [0.25, 0.3) is 10.0 Å². The number of aromatic nitrogens is 3. The smallest absolute Gasteiger partial charge is 0.338 e. The predicted molar refractivity (Wildman–Crippen MR) is 143 cm³/mol. The SMILES string of the molecule is COc1ccc2nc([S+]([O-])Cc3ncc(C)c(OC)c3C)n(S(=O)(=O)c3ccccc3CN(C)C)c2c1. The van der Waals surface area contributed by atoms with Crippen LogP contribution in [0.4, 0.5) is 0 Å². The number of hydrogen-bond donors (Lipinski definition) is 0. The average Bonchev–Trinajstić information content (AvgIpc) is 3.25. The Kier molecular flexibility index (Phi) is 7.79. The molecule has 196 valence electrons. The van der Waals surface area contributed by atoms with Gasteiger partial charge in [0.05, 0.1) is 35.8 Å². The van der Waals surface area contributed by atoms with Gasteiger partial charge in [-0.3, -0.25) is 4.98 Å². The number of benzene rings is 2. The summed E-state index contributed by atoms with van der Waals surface area (Å²) in [5.74, 6) is 1.09. The Labute approximate surface area is 220 Å². The quantitative estimate of drug-likeness (QED) is 0.295. The third-order valence-corrected chi connectivity index (χ3v) is 9.13. The number of fused-ring (bicyclic) bond motifs is 1. The van der Waals surface area contributed by atoms with Crippen molar-refractivity contribution in [1.29, 1.82) is 0 Å². The molecule has 11 heteroatoms. The molecule has 0 fully saturated rings. The first-order valence-corrected chi connectivity index (χ1v) is 14.3. The standard InChI is InChI=1S/C26H30N4O5S2/c1-17-14-27-22(18(2)25(17)35-6)16-36(31)26-28-21-12-11-20(34-5)13-23(21)30(26)37(32,33)24-10-8-7-9-19(24)15-29(3)4/h7-14H,15-16H2,1-6H3. The van der Waals surface area contributed by atoms with Crippen LogP contribution in [0.15, 0.2) is 58.7 Å². The molecule has 2 aromatic carbocycles. The van der Waals surface area contributed by atoms with Crippen LogP contribution in [-0.4, -0.2) is 60.1 Å². The first-order chi connectivity index (χ1) is 17.6. The lowest BCUT2D eigenvalue weighted by molar-refractivity contribution is 0.398. The highest BCUT2D eigenvalue weighted by Gasteiger charge is 2.33. The van der Waals surface area contributed by atoms with Crippen molar-refractivity contribution in [3.8, 4) is 11.5 Å². The second kappa shape index (κ2) is 10.7. The summed E-state index contributed by atoms with van der Waals surface area (Å²) in [7, 11) is 2.62. The van der Waals surface area contributed by atoms with Crippen LogP contribution in [0.2, 0.25) is 0 Å². The van der Waals surface area contributed by atoms with Crippen LogP contribution in [0.5, 0.6) is 11.5 Å². The number of pyridine rings is 1. The molecule has 4 aromatic rings. The van der Waals surface area contributed by atoms with Crippen LogP contribution < -0.4 is 9.47 Å². The summed E-state index contributed by atoms with van der Waals surface area (Å²) in [5, 5.41) is -0.0800. The topological polar surface area (TPSA) is 110 Å². The first kappa shape index (κ1) is 26.9. The lowest BCUT2D eigenvalue weighted by Gasteiger charge is -2.17. The molecule has 0 aliphatic heterocycles. The summed E-state index contributed by atoms with van der Waals surface area (Å²) in [6.07, 6.45) is 1.65. The Morgan fingerprint density at radius 3 is 2.49 bits per heavy atom. The highest BCUT2D eigenvalue weighted by atomic mass is 32.2. The van der Waals surface area contributed by atoms with Crippen molar-refractivity contribution in [3.63, 3.8) is 0 Å². The van der Waals surface area contributed by atoms with Crippen molar-refractivity contribution in [2.75, 3.05) is 28.3 Å². The van der Waals surface area contributed by atoms with Crippen LogP contribution >= 0.6 is 0 Å². The van der Waals surface area contributed by atoms with Crippen molar-refractivity contribution < 1.29 is 22.4 Å². The van der Waals surface area contributed by atoms with Gasteiger partial charge in [-0.15, -0.1) is 0 Å². The maximum absolute atomic E-state index is 14.2. The summed E-state index contributed by atoms with van der Waals surface area (Å²) in [6, 6.07) is 11.7. The fourth-order valence-electron chi connectivity index (χ4n) is 4.25. The molecule has 1 atom stereocenters. The Balaban J connectivity index is 1.91. The molecule has 0 saturated heterocycles. The van der Waals surface area contributed by atoms with Gasteiger partial charge in [-0.05, 0) is 51.7 Å². The van der Waals surface area contributed by atoms with Crippen molar-refractivity contribution in [3.05, 3.63) is 71.0 Å². The van der Waals surface area contributed by atoms with Crippen LogP contribution in [-0.2, 0) is 33.5 Å². The van der Waals surface area contributed by atoms with E-state index >= 15 is 0 Å². The Hall–Kier alpha value is -3.12. The predicted octanol–water partition coefficient (Wildman–Crippen LogP) is 3.67. The minimum atomic E-state index is -4.19. The minimum Gasteiger partial charge on any atom is -0.609 e. The van der Waals surface area contributed by atoms with Gasteiger partial charge in [-0.1, -0.05) is 18.2 Å². The number of rotatable bonds is 9. The van der Waals surface area contributed by atoms with Crippen molar-refractivity contribution >= 4 is 32.2 Å². The van der Waals surface area contributed by atoms with E-state index in [0.717, 1.165) is 15.1 Å². The molecule has 0 aliphatic carbocycles. The van der Waals surface area contributed by atoms with Gasteiger partial charge in [0, 0.05) is 41.1 Å². The first-order valence-electron chi connectivity index (χ1n) is 11.5. The molecule has 0 amide bonds. The third-order valence-electron chi connectivity index (χ3n) is 5.99. The summed E-state index contributed by atoms with van der Waals surface area (Å²) < 4.78 is 54.1. The lowest BCUT2D eigenvalue weighted by atomic mass is 10.1. The van der Waals surface area contributed by atoms with E-state index in [0.29, 0.717) is 34.8 Å². The molecule has 1 unspecified atom stereocenters. The fraction of sp³-hybridized carbons (Fsp3) is 0.308. The van der Waals surface area contributed by atoms with E-state index in [2.05, 4.69) is 9.97 Å². The van der Waals surface area contributed by atoms with Crippen molar-refractivity contribution in [1.82, 2.24) is 18.8 Å². The molecule has 0 radical (unpaired) electrons. The summed E-state index contributed by atoms with van der Waals surface area (Å²) in [5.41, 5.74) is 3.45. The van der Waals surface area contributed by atoms with Crippen LogP contribution in [0.25, 0.3) is 11.0 Å².